The number of nitrogens with one attached hydrogen (secondary N) is 1. The lowest BCUT2D eigenvalue weighted by atomic mass is 10.1. The number of thiophene rings is 1. The normalized spacial score (nSPS) is 23.3. The summed E-state index contributed by atoms with van der Waals surface area (Å²) >= 11 is 1.42. The molecule has 0 bridgehead atoms. The van der Waals surface area contributed by atoms with Gasteiger partial charge in [0.15, 0.2) is 0 Å². The average Bonchev–Trinajstić information content (AvgIpc) is 2.86. The van der Waals surface area contributed by atoms with Gasteiger partial charge < -0.3 is 11.1 Å². The summed E-state index contributed by atoms with van der Waals surface area (Å²) in [6.07, 6.45) is 4.52. The van der Waals surface area contributed by atoms with Crippen molar-refractivity contribution in [2.75, 3.05) is 12.3 Å². The van der Waals surface area contributed by atoms with Crippen molar-refractivity contribution in [3.8, 4) is 0 Å². The summed E-state index contributed by atoms with van der Waals surface area (Å²) in [5.41, 5.74) is 9.27. The summed E-state index contributed by atoms with van der Waals surface area (Å²) in [4.78, 5) is 18.5. The molecule has 1 fully saturated rings. The molecule has 2 aliphatic rings. The third kappa shape index (κ3) is 2.20. The fraction of sp³-hybridized carbons (Fsp3) is 0.500. The SMILES string of the molecule is CC1CC1CNC(=O)c1sc2nc3c(cc2c1N)CCC3. The van der Waals surface area contributed by atoms with Crippen LogP contribution in [-0.4, -0.2) is 17.4 Å². The van der Waals surface area contributed by atoms with E-state index in [0.29, 0.717) is 16.5 Å². The van der Waals surface area contributed by atoms with E-state index in [1.54, 1.807) is 0 Å². The number of fused-ring (bicyclic) bond motifs is 2. The Labute approximate surface area is 127 Å². The van der Waals surface area contributed by atoms with Gasteiger partial charge in [0.1, 0.15) is 9.71 Å². The standard InChI is InChI=1S/C16H19N3OS/c1-8-5-10(8)7-18-15(20)14-13(17)11-6-9-3-2-4-12(9)19-16(11)21-14/h6,8,10H,2-5,7,17H2,1H3,(H,18,20). The predicted octanol–water partition coefficient (Wildman–Crippen LogP) is 2.75. The number of nitrogens with zero attached hydrogens (tertiary/aromatic N) is 1. The van der Waals surface area contributed by atoms with Crippen LogP contribution in [0.2, 0.25) is 0 Å². The molecule has 2 aromatic heterocycles. The monoisotopic (exact) mass is 301 g/mol. The third-order valence-corrected chi connectivity index (χ3v) is 5.87. The molecule has 4 rings (SSSR count). The van der Waals surface area contributed by atoms with Gasteiger partial charge in [-0.25, -0.2) is 4.98 Å². The number of anilines is 1. The average molecular weight is 301 g/mol. The molecule has 2 aromatic rings. The number of aromatic nitrogens is 1. The van der Waals surface area contributed by atoms with Crippen LogP contribution in [0.3, 0.4) is 0 Å². The molecule has 2 unspecified atom stereocenters. The molecule has 2 atom stereocenters. The van der Waals surface area contributed by atoms with Crippen molar-refractivity contribution < 1.29 is 4.79 Å². The van der Waals surface area contributed by atoms with Gasteiger partial charge in [0.2, 0.25) is 0 Å². The summed E-state index contributed by atoms with van der Waals surface area (Å²) in [7, 11) is 0. The number of carbonyl (C=O) groups excluding carboxylic acids is 1. The Hall–Kier alpha value is -1.62. The van der Waals surface area contributed by atoms with Crippen molar-refractivity contribution in [1.82, 2.24) is 10.3 Å². The van der Waals surface area contributed by atoms with Gasteiger partial charge in [-0.1, -0.05) is 6.92 Å². The molecule has 0 aromatic carbocycles. The molecular formula is C16H19N3OS. The Morgan fingerprint density at radius 3 is 3.10 bits per heavy atom. The van der Waals surface area contributed by atoms with E-state index < -0.39 is 0 Å². The second-order valence-electron chi connectivity index (χ2n) is 6.33. The number of hydrogen-bond donors (Lipinski definition) is 2. The maximum atomic E-state index is 12.3. The highest BCUT2D eigenvalue weighted by Crippen LogP contribution is 2.38. The van der Waals surface area contributed by atoms with Crippen molar-refractivity contribution in [2.45, 2.75) is 32.6 Å². The van der Waals surface area contributed by atoms with E-state index in [1.165, 1.54) is 35.4 Å². The smallest absolute Gasteiger partial charge is 0.263 e. The molecule has 5 heteroatoms. The van der Waals surface area contributed by atoms with E-state index in [0.717, 1.165) is 35.5 Å². The Morgan fingerprint density at radius 2 is 2.33 bits per heavy atom. The summed E-state index contributed by atoms with van der Waals surface area (Å²) < 4.78 is 0. The van der Waals surface area contributed by atoms with E-state index in [1.807, 2.05) is 0 Å². The molecule has 0 spiro atoms. The molecule has 1 saturated carbocycles. The van der Waals surface area contributed by atoms with E-state index >= 15 is 0 Å². The summed E-state index contributed by atoms with van der Waals surface area (Å²) in [5, 5.41) is 3.96. The Balaban J connectivity index is 1.63. The van der Waals surface area contributed by atoms with E-state index in [9.17, 15) is 4.79 Å². The quantitative estimate of drug-likeness (QED) is 0.916. The fourth-order valence-corrected chi connectivity index (χ4v) is 4.17. The summed E-state index contributed by atoms with van der Waals surface area (Å²) in [6, 6.07) is 2.14. The van der Waals surface area contributed by atoms with E-state index in [2.05, 4.69) is 18.3 Å². The zero-order valence-electron chi connectivity index (χ0n) is 12.1. The van der Waals surface area contributed by atoms with Crippen LogP contribution >= 0.6 is 11.3 Å². The number of hydrogen-bond acceptors (Lipinski definition) is 4. The highest BCUT2D eigenvalue weighted by atomic mass is 32.1. The molecule has 0 saturated heterocycles. The van der Waals surface area contributed by atoms with Gasteiger partial charge >= 0.3 is 0 Å². The summed E-state index contributed by atoms with van der Waals surface area (Å²) in [6.45, 7) is 2.98. The minimum absolute atomic E-state index is 0.0465. The molecule has 0 radical (unpaired) electrons. The Kier molecular flexibility index (Phi) is 2.92. The second-order valence-corrected chi connectivity index (χ2v) is 7.33. The van der Waals surface area contributed by atoms with Crippen molar-refractivity contribution in [3.63, 3.8) is 0 Å². The number of aryl methyl sites for hydroxylation is 2. The minimum Gasteiger partial charge on any atom is -0.397 e. The zero-order valence-corrected chi connectivity index (χ0v) is 12.9. The Bertz CT molecular complexity index is 737. The number of nitrogen functional groups attached to an aromatic ring is 1. The van der Waals surface area contributed by atoms with Crippen molar-refractivity contribution in [2.24, 2.45) is 11.8 Å². The molecule has 4 nitrogen and oxygen atoms in total. The van der Waals surface area contributed by atoms with Crippen LogP contribution in [0.5, 0.6) is 0 Å². The molecule has 2 heterocycles. The van der Waals surface area contributed by atoms with Crippen LogP contribution in [0.25, 0.3) is 10.2 Å². The second kappa shape index (κ2) is 4.70. The molecule has 3 N–H and O–H groups in total. The van der Waals surface area contributed by atoms with Gasteiger partial charge in [0, 0.05) is 17.6 Å². The summed E-state index contributed by atoms with van der Waals surface area (Å²) in [5.74, 6) is 1.34. The van der Waals surface area contributed by atoms with Crippen LogP contribution in [0, 0.1) is 11.8 Å². The first kappa shape index (κ1) is 13.1. The zero-order chi connectivity index (χ0) is 14.6. The van der Waals surface area contributed by atoms with Gasteiger partial charge in [-0.3, -0.25) is 4.79 Å². The van der Waals surface area contributed by atoms with E-state index in [-0.39, 0.29) is 5.91 Å². The lowest BCUT2D eigenvalue weighted by Gasteiger charge is -2.03. The number of amides is 1. The predicted molar refractivity (Wildman–Crippen MR) is 85.7 cm³/mol. The first-order valence-electron chi connectivity index (χ1n) is 7.62. The van der Waals surface area contributed by atoms with Gasteiger partial charge in [0.05, 0.1) is 5.69 Å². The first-order chi connectivity index (χ1) is 10.1. The van der Waals surface area contributed by atoms with Gasteiger partial charge in [0.25, 0.3) is 5.91 Å². The highest BCUT2D eigenvalue weighted by Gasteiger charge is 2.32. The van der Waals surface area contributed by atoms with Gasteiger partial charge in [-0.15, -0.1) is 11.3 Å². The van der Waals surface area contributed by atoms with Crippen molar-refractivity contribution >= 4 is 33.1 Å². The maximum absolute atomic E-state index is 12.3. The lowest BCUT2D eigenvalue weighted by molar-refractivity contribution is 0.0956. The molecule has 2 aliphatic carbocycles. The van der Waals surface area contributed by atoms with Crippen LogP contribution in [0.15, 0.2) is 6.07 Å². The molecule has 110 valence electrons. The largest absolute Gasteiger partial charge is 0.397 e. The topological polar surface area (TPSA) is 68.0 Å². The number of nitrogens with two attached hydrogens (primary N) is 1. The van der Waals surface area contributed by atoms with Gasteiger partial charge in [-0.05, 0) is 49.1 Å². The van der Waals surface area contributed by atoms with E-state index in [4.69, 9.17) is 10.7 Å². The lowest BCUT2D eigenvalue weighted by Crippen LogP contribution is -2.25. The van der Waals surface area contributed by atoms with Crippen LogP contribution in [0.1, 0.15) is 40.7 Å². The minimum atomic E-state index is -0.0465. The first-order valence-corrected chi connectivity index (χ1v) is 8.44. The molecule has 1 amide bonds. The number of carbonyl (C=O) groups is 1. The van der Waals surface area contributed by atoms with Crippen LogP contribution in [0.4, 0.5) is 5.69 Å². The van der Waals surface area contributed by atoms with Crippen molar-refractivity contribution in [3.05, 3.63) is 22.2 Å². The van der Waals surface area contributed by atoms with Crippen molar-refractivity contribution in [1.29, 1.82) is 0 Å². The fourth-order valence-electron chi connectivity index (χ4n) is 3.15. The van der Waals surface area contributed by atoms with Gasteiger partial charge in [-0.2, -0.15) is 0 Å². The Morgan fingerprint density at radius 1 is 1.52 bits per heavy atom. The highest BCUT2D eigenvalue weighted by molar-refractivity contribution is 7.21. The third-order valence-electron chi connectivity index (χ3n) is 4.76. The maximum Gasteiger partial charge on any atom is 0.263 e. The molecule has 21 heavy (non-hydrogen) atoms. The molecule has 0 aliphatic heterocycles. The van der Waals surface area contributed by atoms with Crippen LogP contribution in [-0.2, 0) is 12.8 Å². The van der Waals surface area contributed by atoms with Crippen LogP contribution < -0.4 is 11.1 Å². The molecular weight excluding hydrogens is 282 g/mol. The number of rotatable bonds is 3. The number of pyridine rings is 1.